The number of thioether (sulfide) groups is 1. The van der Waals surface area contributed by atoms with Gasteiger partial charge in [-0.25, -0.2) is 9.59 Å². The van der Waals surface area contributed by atoms with Crippen LogP contribution in [0.1, 0.15) is 52.7 Å². The Morgan fingerprint density at radius 1 is 0.711 bits per heavy atom. The van der Waals surface area contributed by atoms with Crippen molar-refractivity contribution in [2.45, 2.75) is 95.8 Å². The van der Waals surface area contributed by atoms with E-state index in [4.69, 9.17) is 42.6 Å². The quantitative estimate of drug-likeness (QED) is 0.232. The van der Waals surface area contributed by atoms with Crippen molar-refractivity contribution in [1.29, 1.82) is 0 Å². The van der Waals surface area contributed by atoms with Crippen molar-refractivity contribution >= 4 is 24.1 Å². The van der Waals surface area contributed by atoms with Gasteiger partial charge in [-0.15, -0.1) is 11.8 Å². The third-order valence-corrected chi connectivity index (χ3v) is 7.22. The summed E-state index contributed by atoms with van der Waals surface area (Å²) in [6.45, 7) is 10.8. The number of methoxy groups -OCH3 is 2. The molecule has 0 radical (unpaired) electrons. The average molecular weight is 651 g/mol. The molecule has 5 atom stereocenters. The van der Waals surface area contributed by atoms with Gasteiger partial charge in [-0.1, -0.05) is 24.3 Å². The summed E-state index contributed by atoms with van der Waals surface area (Å²) in [7, 11) is 3.19. The molecule has 0 aromatic heterocycles. The molecule has 45 heavy (non-hydrogen) atoms. The van der Waals surface area contributed by atoms with E-state index in [1.165, 1.54) is 11.8 Å². The van der Waals surface area contributed by atoms with Gasteiger partial charge in [0.15, 0.2) is 12.2 Å². The second-order valence-electron chi connectivity index (χ2n) is 12.4. The Morgan fingerprint density at radius 2 is 1.18 bits per heavy atom. The fraction of sp³-hybridized carbons (Fsp3) is 0.576. The first kappa shape index (κ1) is 36.3. The molecule has 0 amide bonds. The zero-order chi connectivity index (χ0) is 33.2. The van der Waals surface area contributed by atoms with E-state index in [0.717, 1.165) is 16.9 Å². The number of rotatable bonds is 12. The second-order valence-corrected chi connectivity index (χ2v) is 13.3. The standard InChI is InChI=1S/C33H46O11S/c1-32(2,3)43-30(34)41-26-25(20-38-18-21-10-14-23(36-7)15-11-21)40-29(45-9)28(27(26)42-31(35)44-33(4,5)6)39-19-22-12-16-24(37-8)17-13-22/h10-17,25-29H,18-20H2,1-9H3/t25-,26+,27+,28-,29+/m1/s1. The topological polar surface area (TPSA) is 117 Å². The predicted octanol–water partition coefficient (Wildman–Crippen LogP) is 6.53. The maximum Gasteiger partial charge on any atom is 0.509 e. The van der Waals surface area contributed by atoms with E-state index in [9.17, 15) is 9.59 Å². The molecule has 1 saturated heterocycles. The summed E-state index contributed by atoms with van der Waals surface area (Å²) in [5.74, 6) is 1.43. The van der Waals surface area contributed by atoms with E-state index < -0.39 is 53.4 Å². The van der Waals surface area contributed by atoms with E-state index in [-0.39, 0.29) is 19.8 Å². The molecule has 1 aliphatic rings. The molecule has 0 spiro atoms. The van der Waals surface area contributed by atoms with Crippen LogP contribution in [0.3, 0.4) is 0 Å². The van der Waals surface area contributed by atoms with Gasteiger partial charge in [0, 0.05) is 0 Å². The zero-order valence-electron chi connectivity index (χ0n) is 27.5. The van der Waals surface area contributed by atoms with Crippen molar-refractivity contribution in [3.63, 3.8) is 0 Å². The van der Waals surface area contributed by atoms with Crippen LogP contribution in [0.5, 0.6) is 11.5 Å². The summed E-state index contributed by atoms with van der Waals surface area (Å²) in [5, 5.41) is 0. The Hall–Kier alpha value is -3.19. The van der Waals surface area contributed by atoms with Crippen LogP contribution in [0.25, 0.3) is 0 Å². The lowest BCUT2D eigenvalue weighted by Crippen LogP contribution is -2.61. The van der Waals surface area contributed by atoms with Crippen molar-refractivity contribution in [1.82, 2.24) is 0 Å². The lowest BCUT2D eigenvalue weighted by Gasteiger charge is -2.44. The Kier molecular flexibility index (Phi) is 13.2. The number of hydrogen-bond acceptors (Lipinski definition) is 12. The molecule has 2 aromatic rings. The van der Waals surface area contributed by atoms with Gasteiger partial charge in [-0.2, -0.15) is 0 Å². The summed E-state index contributed by atoms with van der Waals surface area (Å²) in [6.07, 6.45) is -4.04. The molecule has 1 heterocycles. The molecule has 11 nitrogen and oxygen atoms in total. The van der Waals surface area contributed by atoms with Crippen LogP contribution in [-0.4, -0.2) is 80.4 Å². The molecular weight excluding hydrogens is 604 g/mol. The predicted molar refractivity (Wildman–Crippen MR) is 169 cm³/mol. The highest BCUT2D eigenvalue weighted by molar-refractivity contribution is 7.99. The van der Waals surface area contributed by atoms with Gasteiger partial charge < -0.3 is 42.6 Å². The van der Waals surface area contributed by atoms with Crippen LogP contribution in [0.4, 0.5) is 9.59 Å². The van der Waals surface area contributed by atoms with E-state index in [0.29, 0.717) is 5.75 Å². The van der Waals surface area contributed by atoms with Crippen LogP contribution in [0, 0.1) is 0 Å². The molecule has 0 unspecified atom stereocenters. The smallest absolute Gasteiger partial charge is 0.497 e. The van der Waals surface area contributed by atoms with Gasteiger partial charge in [0.25, 0.3) is 0 Å². The first-order valence-electron chi connectivity index (χ1n) is 14.6. The summed E-state index contributed by atoms with van der Waals surface area (Å²) >= 11 is 1.37. The number of benzene rings is 2. The summed E-state index contributed by atoms with van der Waals surface area (Å²) in [6, 6.07) is 14.8. The lowest BCUT2D eigenvalue weighted by atomic mass is 9.99. The highest BCUT2D eigenvalue weighted by Crippen LogP contribution is 2.35. The van der Waals surface area contributed by atoms with Crippen molar-refractivity contribution in [3.8, 4) is 11.5 Å². The lowest BCUT2D eigenvalue weighted by molar-refractivity contribution is -0.235. The SMILES string of the molecule is COc1ccc(COC[C@H]2O[C@@H](SC)[C@H](OCc3ccc(OC)cc3)[C@@H](OC(=O)OC(C)(C)C)[C@H]2OC(=O)OC(C)(C)C)cc1. The van der Waals surface area contributed by atoms with Crippen LogP contribution in [0.2, 0.25) is 0 Å². The maximum atomic E-state index is 13.1. The normalized spacial score (nSPS) is 21.8. The van der Waals surface area contributed by atoms with Crippen molar-refractivity contribution in [2.24, 2.45) is 0 Å². The fourth-order valence-corrected chi connectivity index (χ4v) is 5.11. The van der Waals surface area contributed by atoms with Gasteiger partial charge in [-0.3, -0.25) is 0 Å². The van der Waals surface area contributed by atoms with Crippen LogP contribution in [-0.2, 0) is 46.4 Å². The molecule has 1 fully saturated rings. The average Bonchev–Trinajstić information content (AvgIpc) is 2.96. The zero-order valence-corrected chi connectivity index (χ0v) is 28.3. The molecule has 12 heteroatoms. The molecule has 0 saturated carbocycles. The van der Waals surface area contributed by atoms with Gasteiger partial charge >= 0.3 is 12.3 Å². The monoisotopic (exact) mass is 650 g/mol. The number of carbonyl (C=O) groups is 2. The van der Waals surface area contributed by atoms with E-state index >= 15 is 0 Å². The highest BCUT2D eigenvalue weighted by atomic mass is 32.2. The minimum Gasteiger partial charge on any atom is -0.497 e. The van der Waals surface area contributed by atoms with Crippen molar-refractivity contribution in [2.75, 3.05) is 27.1 Å². The first-order chi connectivity index (χ1) is 21.2. The molecule has 0 N–H and O–H groups in total. The first-order valence-corrected chi connectivity index (χ1v) is 15.9. The van der Waals surface area contributed by atoms with Crippen molar-refractivity contribution in [3.05, 3.63) is 59.7 Å². The Morgan fingerprint density at radius 3 is 1.62 bits per heavy atom. The maximum absolute atomic E-state index is 13.1. The molecule has 1 aliphatic heterocycles. The van der Waals surface area contributed by atoms with E-state index in [1.807, 2.05) is 54.8 Å². The number of ether oxygens (including phenoxy) is 9. The number of carbonyl (C=O) groups excluding carboxylic acids is 2. The minimum atomic E-state index is -1.16. The van der Waals surface area contributed by atoms with Gasteiger partial charge in [0.2, 0.25) is 0 Å². The van der Waals surface area contributed by atoms with Crippen LogP contribution < -0.4 is 9.47 Å². The Balaban J connectivity index is 1.90. The fourth-order valence-electron chi connectivity index (χ4n) is 4.35. The summed E-state index contributed by atoms with van der Waals surface area (Å²) in [5.41, 5.74) is -0.534. The molecule has 3 rings (SSSR count). The largest absolute Gasteiger partial charge is 0.509 e. The van der Waals surface area contributed by atoms with Crippen LogP contribution >= 0.6 is 11.8 Å². The summed E-state index contributed by atoms with van der Waals surface area (Å²) < 4.78 is 51.9. The molecule has 0 aliphatic carbocycles. The molecule has 0 bridgehead atoms. The Bertz CT molecular complexity index is 1210. The third kappa shape index (κ3) is 11.9. The van der Waals surface area contributed by atoms with Crippen LogP contribution in [0.15, 0.2) is 48.5 Å². The van der Waals surface area contributed by atoms with Gasteiger partial charge in [0.1, 0.15) is 40.3 Å². The molecule has 250 valence electrons. The highest BCUT2D eigenvalue weighted by Gasteiger charge is 2.52. The van der Waals surface area contributed by atoms with Gasteiger partial charge in [-0.05, 0) is 83.2 Å². The van der Waals surface area contributed by atoms with E-state index in [1.54, 1.807) is 55.8 Å². The summed E-state index contributed by atoms with van der Waals surface area (Å²) in [4.78, 5) is 26.1. The van der Waals surface area contributed by atoms with Gasteiger partial charge in [0.05, 0.1) is 34.0 Å². The van der Waals surface area contributed by atoms with Crippen molar-refractivity contribution < 1.29 is 52.2 Å². The second kappa shape index (κ2) is 16.4. The van der Waals surface area contributed by atoms with E-state index in [2.05, 4.69) is 0 Å². The number of hydrogen-bond donors (Lipinski definition) is 0. The Labute approximate surface area is 270 Å². The minimum absolute atomic E-state index is 0.00985. The molecular formula is C33H46O11S. The third-order valence-electron chi connectivity index (χ3n) is 6.38. The molecule has 2 aromatic carbocycles.